The van der Waals surface area contributed by atoms with Crippen molar-refractivity contribution in [2.24, 2.45) is 0 Å². The Morgan fingerprint density at radius 2 is 1.73 bits per heavy atom. The lowest BCUT2D eigenvalue weighted by Gasteiger charge is -2.23. The summed E-state index contributed by atoms with van der Waals surface area (Å²) in [6.45, 7) is 9.29. The highest BCUT2D eigenvalue weighted by Crippen LogP contribution is 2.05. The fourth-order valence-corrected chi connectivity index (χ4v) is 1.24. The first kappa shape index (κ1) is 13.7. The molecule has 2 nitrogen and oxygen atoms in total. The third-order valence-electron chi connectivity index (χ3n) is 2.01. The predicted molar refractivity (Wildman–Crippen MR) is 65.6 cm³/mol. The summed E-state index contributed by atoms with van der Waals surface area (Å²) in [6.07, 6.45) is 10.9. The summed E-state index contributed by atoms with van der Waals surface area (Å²) in [5.41, 5.74) is 0. The molecule has 1 aliphatic heterocycles. The van der Waals surface area contributed by atoms with Gasteiger partial charge in [0.05, 0.1) is 0 Å². The highest BCUT2D eigenvalue weighted by Gasteiger charge is 2.11. The molecule has 0 bridgehead atoms. The number of piperidine rings is 1. The summed E-state index contributed by atoms with van der Waals surface area (Å²) < 4.78 is 0. The number of Topliss-reactive ketones (excluding diaryl/α,β-unsaturated/α-hetero) is 1. The van der Waals surface area contributed by atoms with E-state index in [0.29, 0.717) is 18.6 Å². The Balaban J connectivity index is 0.000000921. The molecule has 1 rings (SSSR count). The summed E-state index contributed by atoms with van der Waals surface area (Å²) in [5.74, 6) is 0.381. The lowest BCUT2D eigenvalue weighted by Crippen LogP contribution is -2.29. The Morgan fingerprint density at radius 3 is 2.27 bits per heavy atom. The zero-order valence-electron chi connectivity index (χ0n) is 9.78. The molecule has 0 aromatic carbocycles. The van der Waals surface area contributed by atoms with Gasteiger partial charge in [-0.1, -0.05) is 38.7 Å². The van der Waals surface area contributed by atoms with Gasteiger partial charge in [-0.2, -0.15) is 0 Å². The zero-order chi connectivity index (χ0) is 11.5. The van der Waals surface area contributed by atoms with Crippen LogP contribution >= 0.6 is 0 Å². The molecule has 1 aliphatic rings. The average molecular weight is 207 g/mol. The maximum Gasteiger partial charge on any atom is 0.136 e. The second-order valence-corrected chi connectivity index (χ2v) is 3.04. The summed E-state index contributed by atoms with van der Waals surface area (Å²) >= 11 is 0. The molecule has 1 heterocycles. The largest absolute Gasteiger partial charge is 0.376 e. The number of carbonyl (C=O) groups is 1. The van der Waals surface area contributed by atoms with Crippen molar-refractivity contribution in [2.75, 3.05) is 13.1 Å². The van der Waals surface area contributed by atoms with Gasteiger partial charge in [-0.25, -0.2) is 0 Å². The van der Waals surface area contributed by atoms with Crippen LogP contribution in [0.15, 0.2) is 37.1 Å². The van der Waals surface area contributed by atoms with E-state index in [1.807, 2.05) is 38.3 Å². The molecule has 0 radical (unpaired) electrons. The van der Waals surface area contributed by atoms with Gasteiger partial charge in [0.2, 0.25) is 0 Å². The van der Waals surface area contributed by atoms with E-state index in [1.54, 1.807) is 6.08 Å². The highest BCUT2D eigenvalue weighted by molar-refractivity contribution is 5.79. The molecule has 0 spiro atoms. The van der Waals surface area contributed by atoms with Gasteiger partial charge < -0.3 is 4.90 Å². The number of allylic oxidation sites excluding steroid dienone is 4. The highest BCUT2D eigenvalue weighted by atomic mass is 16.1. The van der Waals surface area contributed by atoms with E-state index in [2.05, 4.69) is 11.5 Å². The van der Waals surface area contributed by atoms with Gasteiger partial charge in [-0.05, 0) is 12.3 Å². The van der Waals surface area contributed by atoms with Crippen molar-refractivity contribution >= 4 is 5.78 Å². The van der Waals surface area contributed by atoms with Gasteiger partial charge in [0.1, 0.15) is 5.78 Å². The number of carbonyl (C=O) groups excluding carboxylic acids is 1. The van der Waals surface area contributed by atoms with Crippen molar-refractivity contribution in [1.29, 1.82) is 0 Å². The maximum absolute atomic E-state index is 10.9. The summed E-state index contributed by atoms with van der Waals surface area (Å²) in [7, 11) is 0. The van der Waals surface area contributed by atoms with Crippen molar-refractivity contribution in [3.63, 3.8) is 0 Å². The molecule has 2 heteroatoms. The van der Waals surface area contributed by atoms with Gasteiger partial charge in [-0.15, -0.1) is 0 Å². The predicted octanol–water partition coefficient (Wildman–Crippen LogP) is 2.93. The van der Waals surface area contributed by atoms with E-state index >= 15 is 0 Å². The summed E-state index contributed by atoms with van der Waals surface area (Å²) in [6, 6.07) is 0. The average Bonchev–Trinajstić information content (AvgIpc) is 2.30. The number of nitrogens with zero attached hydrogens (tertiary/aromatic N) is 1. The Kier molecular flexibility index (Phi) is 8.44. The first-order chi connectivity index (χ1) is 7.33. The third-order valence-corrected chi connectivity index (χ3v) is 2.01. The summed E-state index contributed by atoms with van der Waals surface area (Å²) in [5, 5.41) is 0. The van der Waals surface area contributed by atoms with Crippen molar-refractivity contribution < 1.29 is 4.79 Å². The van der Waals surface area contributed by atoms with Crippen molar-refractivity contribution in [1.82, 2.24) is 4.90 Å². The van der Waals surface area contributed by atoms with Crippen LogP contribution < -0.4 is 0 Å². The SMILES string of the molecule is C=C/C=C\C=C\N1CCC(=O)CC1.CC. The fourth-order valence-electron chi connectivity index (χ4n) is 1.24. The van der Waals surface area contributed by atoms with Crippen LogP contribution in [0.3, 0.4) is 0 Å². The molecule has 0 unspecified atom stereocenters. The van der Waals surface area contributed by atoms with Crippen molar-refractivity contribution in [3.8, 4) is 0 Å². The molecule has 0 aromatic rings. The Hall–Kier alpha value is -1.31. The van der Waals surface area contributed by atoms with Crippen LogP contribution in [0.1, 0.15) is 26.7 Å². The fraction of sp³-hybridized carbons (Fsp3) is 0.462. The van der Waals surface area contributed by atoms with Crippen LogP contribution in [0.4, 0.5) is 0 Å². The molecule has 0 saturated carbocycles. The second-order valence-electron chi connectivity index (χ2n) is 3.04. The normalized spacial score (nSPS) is 16.7. The standard InChI is InChI=1S/C11H15NO.C2H6/c1-2-3-4-5-8-12-9-6-11(13)7-10-12;1-2/h2-5,8H,1,6-7,9-10H2;1-2H3/b4-3-,8-5+;. The minimum Gasteiger partial charge on any atom is -0.376 e. The molecule has 0 aromatic heterocycles. The molecular formula is C13H21NO. The Morgan fingerprint density at radius 1 is 1.13 bits per heavy atom. The molecular weight excluding hydrogens is 186 g/mol. The molecule has 1 fully saturated rings. The van der Waals surface area contributed by atoms with E-state index < -0.39 is 0 Å². The minimum absolute atomic E-state index is 0.381. The Bertz CT molecular complexity index is 231. The zero-order valence-corrected chi connectivity index (χ0v) is 9.78. The van der Waals surface area contributed by atoms with Crippen LogP contribution in [0.25, 0.3) is 0 Å². The lowest BCUT2D eigenvalue weighted by atomic mass is 10.1. The van der Waals surface area contributed by atoms with Crippen molar-refractivity contribution in [3.05, 3.63) is 37.1 Å². The number of ketones is 1. The van der Waals surface area contributed by atoms with Crippen LogP contribution in [0, 0.1) is 0 Å². The molecule has 0 N–H and O–H groups in total. The number of likely N-dealkylation sites (tertiary alicyclic amines) is 1. The van der Waals surface area contributed by atoms with Crippen LogP contribution in [-0.4, -0.2) is 23.8 Å². The molecule has 1 saturated heterocycles. The molecule has 84 valence electrons. The van der Waals surface area contributed by atoms with E-state index in [-0.39, 0.29) is 0 Å². The first-order valence-corrected chi connectivity index (χ1v) is 5.54. The van der Waals surface area contributed by atoms with Crippen molar-refractivity contribution in [2.45, 2.75) is 26.7 Å². The number of rotatable bonds is 3. The first-order valence-electron chi connectivity index (χ1n) is 5.54. The Labute approximate surface area is 93.0 Å². The molecule has 0 amide bonds. The maximum atomic E-state index is 10.9. The van der Waals surface area contributed by atoms with E-state index in [9.17, 15) is 4.79 Å². The molecule has 0 atom stereocenters. The van der Waals surface area contributed by atoms with Crippen LogP contribution in [0.2, 0.25) is 0 Å². The topological polar surface area (TPSA) is 20.3 Å². The van der Waals surface area contributed by atoms with Gasteiger partial charge >= 0.3 is 0 Å². The molecule has 0 aliphatic carbocycles. The van der Waals surface area contributed by atoms with Crippen LogP contribution in [0.5, 0.6) is 0 Å². The lowest BCUT2D eigenvalue weighted by molar-refractivity contribution is -0.120. The minimum atomic E-state index is 0.381. The van der Waals surface area contributed by atoms with Gasteiger partial charge in [0.25, 0.3) is 0 Å². The van der Waals surface area contributed by atoms with Gasteiger partial charge in [0, 0.05) is 25.9 Å². The van der Waals surface area contributed by atoms with E-state index in [0.717, 1.165) is 13.1 Å². The smallest absolute Gasteiger partial charge is 0.136 e. The number of hydrogen-bond acceptors (Lipinski definition) is 2. The monoisotopic (exact) mass is 207 g/mol. The second kappa shape index (κ2) is 9.25. The molecule has 15 heavy (non-hydrogen) atoms. The summed E-state index contributed by atoms with van der Waals surface area (Å²) in [4.78, 5) is 13.1. The number of hydrogen-bond donors (Lipinski definition) is 0. The van der Waals surface area contributed by atoms with Crippen LogP contribution in [-0.2, 0) is 4.79 Å². The van der Waals surface area contributed by atoms with Gasteiger partial charge in [-0.3, -0.25) is 4.79 Å². The van der Waals surface area contributed by atoms with E-state index in [1.165, 1.54) is 0 Å². The third kappa shape index (κ3) is 6.72. The quantitative estimate of drug-likeness (QED) is 0.663. The van der Waals surface area contributed by atoms with Gasteiger partial charge in [0.15, 0.2) is 0 Å². The van der Waals surface area contributed by atoms with E-state index in [4.69, 9.17) is 0 Å².